The Kier molecular flexibility index (Phi) is 10.3. The fourth-order valence-corrected chi connectivity index (χ4v) is 6.82. The van der Waals surface area contributed by atoms with Gasteiger partial charge in [-0.3, -0.25) is 0 Å². The summed E-state index contributed by atoms with van der Waals surface area (Å²) < 4.78 is 14.4. The van der Waals surface area contributed by atoms with Crippen LogP contribution in [0.2, 0.25) is 0 Å². The van der Waals surface area contributed by atoms with Gasteiger partial charge in [-0.25, -0.2) is 0 Å². The normalized spacial score (nSPS) is 13.1. The maximum Gasteiger partial charge on any atom is 0.119 e. The van der Waals surface area contributed by atoms with Gasteiger partial charge in [0, 0.05) is 8.95 Å². The van der Waals surface area contributed by atoms with Gasteiger partial charge in [0.05, 0.1) is 18.6 Å². The molecule has 0 radical (unpaired) electrons. The van der Waals surface area contributed by atoms with Gasteiger partial charge in [0.1, 0.15) is 11.5 Å². The summed E-state index contributed by atoms with van der Waals surface area (Å²) in [6.07, 6.45) is 9.61. The standard InChI is InChI=1S/C37H40Br2O2/c1-3-5-7-9-23-40-31-17-11-27(12-18-31)37(28-13-19-32(20-14-28)41-24-10-8-6-4-2)35-25-29(38)15-21-33(35)34-22-16-30(39)26-36(34)37/h11-22,25-26H,3-10,23-24H2,1-2H3. The first-order chi connectivity index (χ1) is 20.1. The van der Waals surface area contributed by atoms with Gasteiger partial charge in [-0.2, -0.15) is 0 Å². The molecule has 0 aliphatic heterocycles. The molecule has 214 valence electrons. The van der Waals surface area contributed by atoms with Crippen molar-refractivity contribution in [2.45, 2.75) is 70.6 Å². The van der Waals surface area contributed by atoms with E-state index in [1.54, 1.807) is 0 Å². The van der Waals surface area contributed by atoms with E-state index in [2.05, 4.69) is 131 Å². The van der Waals surface area contributed by atoms with E-state index in [4.69, 9.17) is 9.47 Å². The molecule has 0 spiro atoms. The largest absolute Gasteiger partial charge is 0.494 e. The quantitative estimate of drug-likeness (QED) is 0.109. The van der Waals surface area contributed by atoms with E-state index in [-0.39, 0.29) is 0 Å². The highest BCUT2D eigenvalue weighted by Crippen LogP contribution is 2.57. The summed E-state index contributed by atoms with van der Waals surface area (Å²) in [5.41, 5.74) is 7.06. The Bertz CT molecular complexity index is 1320. The van der Waals surface area contributed by atoms with Crippen molar-refractivity contribution in [1.29, 1.82) is 0 Å². The van der Waals surface area contributed by atoms with Crippen molar-refractivity contribution in [3.63, 3.8) is 0 Å². The summed E-state index contributed by atoms with van der Waals surface area (Å²) in [7, 11) is 0. The van der Waals surface area contributed by atoms with Gasteiger partial charge in [0.15, 0.2) is 0 Å². The number of halogens is 2. The SMILES string of the molecule is CCCCCCOc1ccc(C2(c3ccc(OCCCCCC)cc3)c3cc(Br)ccc3-c3ccc(Br)cc32)cc1. The lowest BCUT2D eigenvalue weighted by Gasteiger charge is -2.34. The Labute approximate surface area is 262 Å². The summed E-state index contributed by atoms with van der Waals surface area (Å²) in [5, 5.41) is 0. The molecule has 4 aromatic rings. The third kappa shape index (κ3) is 6.44. The van der Waals surface area contributed by atoms with Crippen molar-refractivity contribution in [2.24, 2.45) is 0 Å². The zero-order valence-electron chi connectivity index (χ0n) is 24.2. The fraction of sp³-hybridized carbons (Fsp3) is 0.351. The maximum absolute atomic E-state index is 6.13. The van der Waals surface area contributed by atoms with Gasteiger partial charge in [-0.1, -0.05) is 121 Å². The number of hydrogen-bond donors (Lipinski definition) is 0. The van der Waals surface area contributed by atoms with Crippen LogP contribution in [0, 0.1) is 0 Å². The van der Waals surface area contributed by atoms with E-state index in [1.807, 2.05) is 0 Å². The van der Waals surface area contributed by atoms with E-state index in [9.17, 15) is 0 Å². The molecule has 41 heavy (non-hydrogen) atoms. The summed E-state index contributed by atoms with van der Waals surface area (Å²) in [4.78, 5) is 0. The van der Waals surface area contributed by atoms with Crippen molar-refractivity contribution >= 4 is 31.9 Å². The van der Waals surface area contributed by atoms with Gasteiger partial charge < -0.3 is 9.47 Å². The highest BCUT2D eigenvalue weighted by Gasteiger charge is 2.46. The van der Waals surface area contributed by atoms with Gasteiger partial charge in [-0.15, -0.1) is 0 Å². The molecule has 0 amide bonds. The molecule has 2 nitrogen and oxygen atoms in total. The second-order valence-corrected chi connectivity index (χ2v) is 12.8. The molecule has 0 aromatic heterocycles. The van der Waals surface area contributed by atoms with E-state index in [0.717, 1.165) is 46.5 Å². The number of rotatable bonds is 14. The predicted molar refractivity (Wildman–Crippen MR) is 178 cm³/mol. The number of fused-ring (bicyclic) bond motifs is 3. The predicted octanol–water partition coefficient (Wildman–Crippen LogP) is 11.5. The molecule has 0 N–H and O–H groups in total. The number of ether oxygens (including phenoxy) is 2. The molecule has 0 saturated carbocycles. The lowest BCUT2D eigenvalue weighted by Crippen LogP contribution is -2.28. The Morgan fingerprint density at radius 2 is 0.927 bits per heavy atom. The summed E-state index contributed by atoms with van der Waals surface area (Å²) in [5.74, 6) is 1.85. The van der Waals surface area contributed by atoms with Gasteiger partial charge in [0.2, 0.25) is 0 Å². The Morgan fingerprint density at radius 3 is 1.32 bits per heavy atom. The van der Waals surface area contributed by atoms with Crippen molar-refractivity contribution < 1.29 is 9.47 Å². The van der Waals surface area contributed by atoms with Crippen LogP contribution in [0.15, 0.2) is 93.9 Å². The van der Waals surface area contributed by atoms with E-state index in [0.29, 0.717) is 0 Å². The summed E-state index contributed by atoms with van der Waals surface area (Å²) >= 11 is 7.57. The zero-order chi connectivity index (χ0) is 28.7. The molecule has 4 aromatic carbocycles. The highest BCUT2D eigenvalue weighted by atomic mass is 79.9. The molecule has 1 aliphatic rings. The molecular formula is C37H40Br2O2. The lowest BCUT2D eigenvalue weighted by molar-refractivity contribution is 0.305. The molecule has 0 heterocycles. The number of unbranched alkanes of at least 4 members (excludes halogenated alkanes) is 6. The van der Waals surface area contributed by atoms with Crippen LogP contribution < -0.4 is 9.47 Å². The van der Waals surface area contributed by atoms with Crippen LogP contribution >= 0.6 is 31.9 Å². The molecule has 1 aliphatic carbocycles. The van der Waals surface area contributed by atoms with Crippen LogP contribution in [0.3, 0.4) is 0 Å². The van der Waals surface area contributed by atoms with Crippen LogP contribution in [0.4, 0.5) is 0 Å². The van der Waals surface area contributed by atoms with Crippen LogP contribution in [-0.4, -0.2) is 13.2 Å². The first kappa shape index (κ1) is 29.9. The topological polar surface area (TPSA) is 18.5 Å². The van der Waals surface area contributed by atoms with Gasteiger partial charge >= 0.3 is 0 Å². The second kappa shape index (κ2) is 14.1. The number of hydrogen-bond acceptors (Lipinski definition) is 2. The molecule has 0 fully saturated rings. The Morgan fingerprint density at radius 1 is 0.512 bits per heavy atom. The van der Waals surface area contributed by atoms with Crippen molar-refractivity contribution in [1.82, 2.24) is 0 Å². The highest BCUT2D eigenvalue weighted by molar-refractivity contribution is 9.10. The van der Waals surface area contributed by atoms with E-state index >= 15 is 0 Å². The van der Waals surface area contributed by atoms with Crippen molar-refractivity contribution in [3.8, 4) is 22.6 Å². The molecule has 0 bridgehead atoms. The van der Waals surface area contributed by atoms with Gasteiger partial charge in [0.25, 0.3) is 0 Å². The van der Waals surface area contributed by atoms with E-state index < -0.39 is 5.41 Å². The Hall–Kier alpha value is -2.56. The minimum Gasteiger partial charge on any atom is -0.494 e. The first-order valence-electron chi connectivity index (χ1n) is 15.1. The minimum absolute atomic E-state index is 0.475. The summed E-state index contributed by atoms with van der Waals surface area (Å²) in [6, 6.07) is 30.9. The maximum atomic E-state index is 6.13. The second-order valence-electron chi connectivity index (χ2n) is 11.0. The molecule has 0 saturated heterocycles. The average molecular weight is 677 g/mol. The van der Waals surface area contributed by atoms with Crippen LogP contribution in [-0.2, 0) is 5.41 Å². The van der Waals surface area contributed by atoms with Crippen LogP contribution in [0.1, 0.15) is 87.5 Å². The fourth-order valence-electron chi connectivity index (χ4n) is 6.10. The molecule has 0 atom stereocenters. The average Bonchev–Trinajstić information content (AvgIpc) is 3.27. The first-order valence-corrected chi connectivity index (χ1v) is 16.7. The van der Waals surface area contributed by atoms with Crippen molar-refractivity contribution in [3.05, 3.63) is 116 Å². The smallest absolute Gasteiger partial charge is 0.119 e. The third-order valence-corrected chi connectivity index (χ3v) is 9.16. The molecule has 4 heteroatoms. The minimum atomic E-state index is -0.475. The molecule has 0 unspecified atom stereocenters. The summed E-state index contributed by atoms with van der Waals surface area (Å²) in [6.45, 7) is 5.99. The molecule has 5 rings (SSSR count). The monoisotopic (exact) mass is 674 g/mol. The molecular weight excluding hydrogens is 636 g/mol. The number of benzene rings is 4. The zero-order valence-corrected chi connectivity index (χ0v) is 27.4. The lowest BCUT2D eigenvalue weighted by atomic mass is 9.67. The Balaban J connectivity index is 1.55. The van der Waals surface area contributed by atoms with E-state index in [1.165, 1.54) is 71.9 Å². The van der Waals surface area contributed by atoms with Crippen molar-refractivity contribution in [2.75, 3.05) is 13.2 Å². The van der Waals surface area contributed by atoms with Crippen LogP contribution in [0.5, 0.6) is 11.5 Å². The van der Waals surface area contributed by atoms with Crippen LogP contribution in [0.25, 0.3) is 11.1 Å². The van der Waals surface area contributed by atoms with Gasteiger partial charge in [-0.05, 0) is 94.8 Å². The third-order valence-electron chi connectivity index (χ3n) is 8.17.